The van der Waals surface area contributed by atoms with Gasteiger partial charge in [-0.15, -0.1) is 0 Å². The molecule has 2 aromatic rings. The molecule has 0 aliphatic carbocycles. The average molecular weight is 433 g/mol. The molecule has 1 fully saturated rings. The minimum atomic E-state index is -3.78. The summed E-state index contributed by atoms with van der Waals surface area (Å²) in [6.07, 6.45) is 4.15. The standard InChI is InChI=1S/C19H24N6O4S/c1-29-19-23-16(22-18(24-19)25-9-3-2-4-10-25)12-20-30(27,28)14-6-7-15-13(11-14)5-8-17(26)21-15/h6-7,11,20H,2-5,8-10,12H2,1H3,(H,21,26). The first-order chi connectivity index (χ1) is 14.4. The number of aromatic nitrogens is 3. The van der Waals surface area contributed by atoms with E-state index in [9.17, 15) is 13.2 Å². The van der Waals surface area contributed by atoms with Gasteiger partial charge in [0.2, 0.25) is 21.9 Å². The van der Waals surface area contributed by atoms with E-state index in [0.717, 1.165) is 31.5 Å². The first-order valence-corrected chi connectivity index (χ1v) is 11.4. The van der Waals surface area contributed by atoms with E-state index in [1.165, 1.54) is 19.6 Å². The van der Waals surface area contributed by atoms with Crippen LogP contribution in [-0.4, -0.2) is 49.5 Å². The van der Waals surface area contributed by atoms with Crippen molar-refractivity contribution < 1.29 is 17.9 Å². The number of piperidine rings is 1. The van der Waals surface area contributed by atoms with Crippen LogP contribution < -0.4 is 19.7 Å². The molecule has 1 aromatic carbocycles. The van der Waals surface area contributed by atoms with Gasteiger partial charge >= 0.3 is 6.01 Å². The fourth-order valence-corrected chi connectivity index (χ4v) is 4.59. The van der Waals surface area contributed by atoms with Gasteiger partial charge in [-0.25, -0.2) is 13.1 Å². The van der Waals surface area contributed by atoms with Gasteiger partial charge in [0, 0.05) is 25.2 Å². The molecule has 0 bridgehead atoms. The number of hydrogen-bond donors (Lipinski definition) is 2. The van der Waals surface area contributed by atoms with E-state index in [1.807, 2.05) is 0 Å². The number of anilines is 2. The summed E-state index contributed by atoms with van der Waals surface area (Å²) in [7, 11) is -2.31. The van der Waals surface area contributed by atoms with Gasteiger partial charge < -0.3 is 15.0 Å². The molecule has 2 N–H and O–H groups in total. The van der Waals surface area contributed by atoms with Gasteiger partial charge in [0.05, 0.1) is 18.6 Å². The van der Waals surface area contributed by atoms with Crippen LogP contribution in [-0.2, 0) is 27.8 Å². The number of ether oxygens (including phenoxy) is 1. The van der Waals surface area contributed by atoms with Crippen molar-refractivity contribution in [3.63, 3.8) is 0 Å². The van der Waals surface area contributed by atoms with Crippen LogP contribution in [0.3, 0.4) is 0 Å². The predicted octanol–water partition coefficient (Wildman–Crippen LogP) is 1.23. The molecular weight excluding hydrogens is 408 g/mol. The summed E-state index contributed by atoms with van der Waals surface area (Å²) < 4.78 is 33.3. The summed E-state index contributed by atoms with van der Waals surface area (Å²) >= 11 is 0. The van der Waals surface area contributed by atoms with Crippen molar-refractivity contribution in [2.45, 2.75) is 43.5 Å². The minimum Gasteiger partial charge on any atom is -0.467 e. The van der Waals surface area contributed by atoms with Crippen molar-refractivity contribution >= 4 is 27.6 Å². The fourth-order valence-electron chi connectivity index (χ4n) is 3.56. The summed E-state index contributed by atoms with van der Waals surface area (Å²) in [5, 5.41) is 2.75. The van der Waals surface area contributed by atoms with E-state index in [4.69, 9.17) is 4.74 Å². The second-order valence-corrected chi connectivity index (χ2v) is 9.04. The maximum absolute atomic E-state index is 12.8. The maximum atomic E-state index is 12.8. The van der Waals surface area contributed by atoms with E-state index >= 15 is 0 Å². The van der Waals surface area contributed by atoms with Gasteiger partial charge in [-0.2, -0.15) is 15.0 Å². The SMILES string of the molecule is COc1nc(CNS(=O)(=O)c2ccc3c(c2)CCC(=O)N3)nc(N2CCCCC2)n1. The van der Waals surface area contributed by atoms with Gasteiger partial charge in [-0.1, -0.05) is 0 Å². The third-order valence-electron chi connectivity index (χ3n) is 5.17. The highest BCUT2D eigenvalue weighted by molar-refractivity contribution is 7.89. The van der Waals surface area contributed by atoms with Crippen molar-refractivity contribution in [3.05, 3.63) is 29.6 Å². The zero-order valence-corrected chi connectivity index (χ0v) is 17.5. The summed E-state index contributed by atoms with van der Waals surface area (Å²) in [6.45, 7) is 1.61. The Balaban J connectivity index is 1.51. The van der Waals surface area contributed by atoms with E-state index < -0.39 is 10.0 Å². The molecule has 1 amide bonds. The van der Waals surface area contributed by atoms with Crippen molar-refractivity contribution in [3.8, 4) is 6.01 Å². The molecule has 3 heterocycles. The third-order valence-corrected chi connectivity index (χ3v) is 6.57. The van der Waals surface area contributed by atoms with E-state index in [0.29, 0.717) is 24.5 Å². The number of sulfonamides is 1. The van der Waals surface area contributed by atoms with E-state index in [-0.39, 0.29) is 29.2 Å². The Morgan fingerprint density at radius 2 is 1.93 bits per heavy atom. The van der Waals surface area contributed by atoms with Crippen molar-refractivity contribution in [1.82, 2.24) is 19.7 Å². The number of carbonyl (C=O) groups is 1. The van der Waals surface area contributed by atoms with Gasteiger partial charge in [0.1, 0.15) is 0 Å². The normalized spacial score (nSPS) is 16.7. The summed E-state index contributed by atoms with van der Waals surface area (Å²) in [5.74, 6) is 0.723. The second kappa shape index (κ2) is 8.52. The summed E-state index contributed by atoms with van der Waals surface area (Å²) in [4.78, 5) is 26.6. The Kier molecular flexibility index (Phi) is 5.82. The molecule has 2 aliphatic heterocycles. The number of benzene rings is 1. The number of aryl methyl sites for hydroxylation is 1. The van der Waals surface area contributed by atoms with Crippen molar-refractivity contribution in [1.29, 1.82) is 0 Å². The number of fused-ring (bicyclic) bond motifs is 1. The lowest BCUT2D eigenvalue weighted by molar-refractivity contribution is -0.116. The van der Waals surface area contributed by atoms with Crippen LogP contribution in [0.25, 0.3) is 0 Å². The molecule has 160 valence electrons. The Morgan fingerprint density at radius 1 is 1.13 bits per heavy atom. The fraction of sp³-hybridized carbons (Fsp3) is 0.474. The third kappa shape index (κ3) is 4.51. The highest BCUT2D eigenvalue weighted by Gasteiger charge is 2.21. The molecule has 0 unspecified atom stereocenters. The number of methoxy groups -OCH3 is 1. The Bertz CT molecular complexity index is 1050. The first kappa shape index (κ1) is 20.5. The first-order valence-electron chi connectivity index (χ1n) is 9.91. The molecule has 11 heteroatoms. The van der Waals surface area contributed by atoms with E-state index in [2.05, 4.69) is 29.9 Å². The van der Waals surface area contributed by atoms with Gasteiger partial charge in [-0.3, -0.25) is 4.79 Å². The lowest BCUT2D eigenvalue weighted by atomic mass is 10.0. The molecule has 1 saturated heterocycles. The molecule has 30 heavy (non-hydrogen) atoms. The van der Waals surface area contributed by atoms with Gasteiger partial charge in [0.15, 0.2) is 5.82 Å². The van der Waals surface area contributed by atoms with Crippen LogP contribution in [0, 0.1) is 0 Å². The van der Waals surface area contributed by atoms with Crippen LogP contribution in [0.4, 0.5) is 11.6 Å². The molecular formula is C19H24N6O4S. The lowest BCUT2D eigenvalue weighted by Crippen LogP contribution is -2.32. The molecule has 1 aromatic heterocycles. The topological polar surface area (TPSA) is 126 Å². The maximum Gasteiger partial charge on any atom is 0.321 e. The van der Waals surface area contributed by atoms with Crippen LogP contribution in [0.15, 0.2) is 23.1 Å². The quantitative estimate of drug-likeness (QED) is 0.698. The van der Waals surface area contributed by atoms with Crippen LogP contribution >= 0.6 is 0 Å². The van der Waals surface area contributed by atoms with Crippen molar-refractivity contribution in [2.75, 3.05) is 30.4 Å². The zero-order chi connectivity index (χ0) is 21.1. The number of nitrogens with one attached hydrogen (secondary N) is 2. The van der Waals surface area contributed by atoms with Crippen LogP contribution in [0.5, 0.6) is 6.01 Å². The van der Waals surface area contributed by atoms with Crippen LogP contribution in [0.1, 0.15) is 37.1 Å². The van der Waals surface area contributed by atoms with E-state index in [1.54, 1.807) is 12.1 Å². The zero-order valence-electron chi connectivity index (χ0n) is 16.7. The predicted molar refractivity (Wildman–Crippen MR) is 110 cm³/mol. The second-order valence-electron chi connectivity index (χ2n) is 7.28. The summed E-state index contributed by atoms with van der Waals surface area (Å²) in [5.41, 5.74) is 1.45. The Morgan fingerprint density at radius 3 is 2.70 bits per heavy atom. The number of nitrogens with zero attached hydrogens (tertiary/aromatic N) is 4. The van der Waals surface area contributed by atoms with Gasteiger partial charge in [0.25, 0.3) is 0 Å². The molecule has 0 saturated carbocycles. The molecule has 0 spiro atoms. The highest BCUT2D eigenvalue weighted by Crippen LogP contribution is 2.25. The monoisotopic (exact) mass is 432 g/mol. The molecule has 10 nitrogen and oxygen atoms in total. The lowest BCUT2D eigenvalue weighted by Gasteiger charge is -2.26. The number of rotatable bonds is 6. The molecule has 2 aliphatic rings. The van der Waals surface area contributed by atoms with Crippen LogP contribution in [0.2, 0.25) is 0 Å². The minimum absolute atomic E-state index is 0.0653. The van der Waals surface area contributed by atoms with Crippen molar-refractivity contribution in [2.24, 2.45) is 0 Å². The Hall–Kier alpha value is -2.79. The molecule has 4 rings (SSSR count). The smallest absolute Gasteiger partial charge is 0.321 e. The summed E-state index contributed by atoms with van der Waals surface area (Å²) in [6, 6.07) is 4.83. The molecule has 0 radical (unpaired) electrons. The highest BCUT2D eigenvalue weighted by atomic mass is 32.2. The number of hydrogen-bond acceptors (Lipinski definition) is 8. The Labute approximate surface area is 175 Å². The molecule has 0 atom stereocenters. The number of amides is 1. The average Bonchev–Trinajstić information content (AvgIpc) is 2.77. The number of carbonyl (C=O) groups excluding carboxylic acids is 1. The largest absolute Gasteiger partial charge is 0.467 e. The van der Waals surface area contributed by atoms with Gasteiger partial charge in [-0.05, 0) is 49.4 Å².